The van der Waals surface area contributed by atoms with Crippen molar-refractivity contribution in [1.82, 2.24) is 14.9 Å². The number of likely N-dealkylation sites (tertiary alicyclic amines) is 1. The highest BCUT2D eigenvalue weighted by atomic mass is 16.6. The summed E-state index contributed by atoms with van der Waals surface area (Å²) in [4.78, 5) is 34.5. The summed E-state index contributed by atoms with van der Waals surface area (Å²) in [6, 6.07) is 6.97. The number of carbonyl (C=O) groups excluding carboxylic acids is 2. The lowest BCUT2D eigenvalue weighted by Gasteiger charge is -2.33. The second-order valence-corrected chi connectivity index (χ2v) is 8.04. The first-order valence-electron chi connectivity index (χ1n) is 9.43. The molecular formula is C21H26N4O3. The Morgan fingerprint density at radius 3 is 2.54 bits per heavy atom. The van der Waals surface area contributed by atoms with Crippen LogP contribution >= 0.6 is 0 Å². The highest BCUT2D eigenvalue weighted by Crippen LogP contribution is 2.28. The molecule has 0 spiro atoms. The fraction of sp³-hybridized carbons (Fsp3) is 0.429. The summed E-state index contributed by atoms with van der Waals surface area (Å²) < 4.78 is 5.50. The van der Waals surface area contributed by atoms with E-state index in [1.165, 1.54) is 0 Å². The van der Waals surface area contributed by atoms with E-state index < -0.39 is 11.5 Å². The normalized spacial score (nSPS) is 17.2. The number of aromatic nitrogens is 2. The molecule has 0 radical (unpaired) electrons. The van der Waals surface area contributed by atoms with Crippen molar-refractivity contribution in [2.75, 3.05) is 13.1 Å². The maximum absolute atomic E-state index is 12.4. The van der Waals surface area contributed by atoms with Crippen LogP contribution < -0.4 is 5.73 Å². The highest BCUT2D eigenvalue weighted by Gasteiger charge is 2.29. The largest absolute Gasteiger partial charge is 0.444 e. The SMILES string of the molecule is CC(C)(C)OC(=O)N1CCCC(c2cncc(-c3ccc(C(N)=O)cc3)n2)C1. The van der Waals surface area contributed by atoms with Crippen LogP contribution in [0.4, 0.5) is 4.79 Å². The molecule has 1 aliphatic rings. The number of nitrogens with zero attached hydrogens (tertiary/aromatic N) is 3. The molecule has 1 fully saturated rings. The van der Waals surface area contributed by atoms with E-state index in [0.29, 0.717) is 18.7 Å². The number of hydrogen-bond acceptors (Lipinski definition) is 5. The van der Waals surface area contributed by atoms with Gasteiger partial charge in [-0.3, -0.25) is 9.78 Å². The maximum atomic E-state index is 12.4. The fourth-order valence-corrected chi connectivity index (χ4v) is 3.23. The number of amides is 2. The number of hydrogen-bond donors (Lipinski definition) is 1. The van der Waals surface area contributed by atoms with Gasteiger partial charge in [0.2, 0.25) is 5.91 Å². The molecule has 1 aromatic heterocycles. The Hall–Kier alpha value is -2.96. The number of carbonyl (C=O) groups is 2. The summed E-state index contributed by atoms with van der Waals surface area (Å²) >= 11 is 0. The molecule has 2 amide bonds. The molecule has 28 heavy (non-hydrogen) atoms. The van der Waals surface area contributed by atoms with Gasteiger partial charge in [-0.15, -0.1) is 0 Å². The van der Waals surface area contributed by atoms with Crippen molar-refractivity contribution in [3.63, 3.8) is 0 Å². The van der Waals surface area contributed by atoms with Crippen LogP contribution in [0.15, 0.2) is 36.7 Å². The molecule has 0 aliphatic carbocycles. The molecule has 1 atom stereocenters. The minimum absolute atomic E-state index is 0.110. The van der Waals surface area contributed by atoms with E-state index in [-0.39, 0.29) is 12.0 Å². The van der Waals surface area contributed by atoms with Crippen molar-refractivity contribution in [2.45, 2.75) is 45.1 Å². The van der Waals surface area contributed by atoms with Crippen LogP contribution in [-0.2, 0) is 4.74 Å². The molecule has 148 valence electrons. The average Bonchev–Trinajstić information content (AvgIpc) is 2.67. The van der Waals surface area contributed by atoms with E-state index in [1.807, 2.05) is 32.9 Å². The summed E-state index contributed by atoms with van der Waals surface area (Å²) in [7, 11) is 0. The quantitative estimate of drug-likeness (QED) is 0.878. The minimum Gasteiger partial charge on any atom is -0.444 e. The Morgan fingerprint density at radius 1 is 1.18 bits per heavy atom. The molecular weight excluding hydrogens is 356 g/mol. The first kappa shape index (κ1) is 19.8. The predicted octanol–water partition coefficient (Wildman–Crippen LogP) is 3.36. The fourth-order valence-electron chi connectivity index (χ4n) is 3.23. The zero-order valence-electron chi connectivity index (χ0n) is 16.5. The molecule has 0 saturated carbocycles. The highest BCUT2D eigenvalue weighted by molar-refractivity contribution is 5.93. The van der Waals surface area contributed by atoms with Gasteiger partial charge in [-0.2, -0.15) is 0 Å². The van der Waals surface area contributed by atoms with Crippen LogP contribution in [0, 0.1) is 0 Å². The van der Waals surface area contributed by atoms with E-state index in [1.54, 1.807) is 29.4 Å². The van der Waals surface area contributed by atoms with Gasteiger partial charge in [0.05, 0.1) is 17.6 Å². The average molecular weight is 382 g/mol. The van der Waals surface area contributed by atoms with Crippen LogP contribution in [0.25, 0.3) is 11.3 Å². The van der Waals surface area contributed by atoms with Gasteiger partial charge in [-0.25, -0.2) is 9.78 Å². The lowest BCUT2D eigenvalue weighted by Crippen LogP contribution is -2.42. The van der Waals surface area contributed by atoms with Crippen molar-refractivity contribution < 1.29 is 14.3 Å². The summed E-state index contributed by atoms with van der Waals surface area (Å²) in [5, 5.41) is 0. The molecule has 2 heterocycles. The number of piperidine rings is 1. The molecule has 1 unspecified atom stereocenters. The molecule has 2 aromatic rings. The maximum Gasteiger partial charge on any atom is 0.410 e. The number of primary amides is 1. The first-order valence-corrected chi connectivity index (χ1v) is 9.43. The van der Waals surface area contributed by atoms with Crippen LogP contribution in [-0.4, -0.2) is 45.6 Å². The minimum atomic E-state index is -0.513. The Balaban J connectivity index is 1.76. The van der Waals surface area contributed by atoms with Gasteiger partial charge in [0, 0.05) is 36.3 Å². The van der Waals surface area contributed by atoms with Crippen LogP contribution in [0.3, 0.4) is 0 Å². The number of ether oxygens (including phenoxy) is 1. The van der Waals surface area contributed by atoms with Crippen molar-refractivity contribution in [3.8, 4) is 11.3 Å². The van der Waals surface area contributed by atoms with Gasteiger partial charge in [0.1, 0.15) is 5.60 Å². The number of rotatable bonds is 3. The predicted molar refractivity (Wildman–Crippen MR) is 106 cm³/mol. The monoisotopic (exact) mass is 382 g/mol. The van der Waals surface area contributed by atoms with Gasteiger partial charge in [0.25, 0.3) is 0 Å². The van der Waals surface area contributed by atoms with Gasteiger partial charge < -0.3 is 15.4 Å². The van der Waals surface area contributed by atoms with Crippen molar-refractivity contribution in [3.05, 3.63) is 47.9 Å². The van der Waals surface area contributed by atoms with Crippen LogP contribution in [0.1, 0.15) is 55.6 Å². The van der Waals surface area contributed by atoms with E-state index in [0.717, 1.165) is 29.8 Å². The molecule has 7 heteroatoms. The summed E-state index contributed by atoms with van der Waals surface area (Å²) in [5.41, 5.74) is 7.67. The smallest absolute Gasteiger partial charge is 0.410 e. The van der Waals surface area contributed by atoms with Crippen LogP contribution in [0.2, 0.25) is 0 Å². The molecule has 1 aromatic carbocycles. The van der Waals surface area contributed by atoms with Crippen molar-refractivity contribution in [2.24, 2.45) is 5.73 Å². The standard InChI is InChI=1S/C21H26N4O3/c1-21(2,3)28-20(27)25-10-4-5-16(13-25)18-12-23-11-17(24-18)14-6-8-15(9-7-14)19(22)26/h6-9,11-12,16H,4-5,10,13H2,1-3H3,(H2,22,26). The van der Waals surface area contributed by atoms with E-state index in [4.69, 9.17) is 15.5 Å². The van der Waals surface area contributed by atoms with Gasteiger partial charge >= 0.3 is 6.09 Å². The van der Waals surface area contributed by atoms with Crippen LogP contribution in [0.5, 0.6) is 0 Å². The third-order valence-electron chi connectivity index (χ3n) is 4.61. The Morgan fingerprint density at radius 2 is 1.89 bits per heavy atom. The zero-order chi connectivity index (χ0) is 20.3. The Kier molecular flexibility index (Phi) is 5.63. The van der Waals surface area contributed by atoms with Gasteiger partial charge in [-0.05, 0) is 45.7 Å². The van der Waals surface area contributed by atoms with E-state index in [2.05, 4.69) is 4.98 Å². The van der Waals surface area contributed by atoms with E-state index in [9.17, 15) is 9.59 Å². The Labute approximate surface area is 164 Å². The van der Waals surface area contributed by atoms with E-state index >= 15 is 0 Å². The third kappa shape index (κ3) is 4.85. The van der Waals surface area contributed by atoms with Gasteiger partial charge in [0.15, 0.2) is 0 Å². The van der Waals surface area contributed by atoms with Gasteiger partial charge in [-0.1, -0.05) is 12.1 Å². The Bertz CT molecular complexity index is 859. The summed E-state index contributed by atoms with van der Waals surface area (Å²) in [5.74, 6) is -0.352. The second-order valence-electron chi connectivity index (χ2n) is 8.04. The lowest BCUT2D eigenvalue weighted by atomic mass is 9.95. The molecule has 7 nitrogen and oxygen atoms in total. The second kappa shape index (κ2) is 7.96. The summed E-state index contributed by atoms with van der Waals surface area (Å²) in [6.45, 7) is 6.85. The lowest BCUT2D eigenvalue weighted by molar-refractivity contribution is 0.0197. The third-order valence-corrected chi connectivity index (χ3v) is 4.61. The summed E-state index contributed by atoms with van der Waals surface area (Å²) in [6.07, 6.45) is 4.99. The molecule has 1 aliphatic heterocycles. The van der Waals surface area contributed by atoms with Crippen molar-refractivity contribution in [1.29, 1.82) is 0 Å². The number of benzene rings is 1. The van der Waals surface area contributed by atoms with Crippen molar-refractivity contribution >= 4 is 12.0 Å². The first-order chi connectivity index (χ1) is 13.2. The molecule has 0 bridgehead atoms. The zero-order valence-corrected chi connectivity index (χ0v) is 16.5. The molecule has 3 rings (SSSR count). The molecule has 1 saturated heterocycles. The topological polar surface area (TPSA) is 98.4 Å². The number of nitrogens with two attached hydrogens (primary N) is 1. The molecule has 2 N–H and O–H groups in total.